The standard InChI is InChI=1S/C26H29NO6/c1-4-31-20-8-5-17(6-9-20)23-22(25(29)26(30)27(23)12-14-32-16(2)3)24(28)19-7-10-21-18(15-19)11-13-33-21/h5-10,15-16,23,28H,4,11-14H2,1-3H3/b24-22-. The summed E-state index contributed by atoms with van der Waals surface area (Å²) in [5.74, 6) is -0.0601. The lowest BCUT2D eigenvalue weighted by atomic mass is 9.94. The number of aliphatic hydroxyl groups is 1. The Morgan fingerprint density at radius 2 is 1.94 bits per heavy atom. The summed E-state index contributed by atoms with van der Waals surface area (Å²) in [4.78, 5) is 27.6. The molecular formula is C26H29NO6. The number of benzene rings is 2. The summed E-state index contributed by atoms with van der Waals surface area (Å²) in [6.45, 7) is 7.37. The van der Waals surface area contributed by atoms with E-state index in [1.807, 2.05) is 39.0 Å². The van der Waals surface area contributed by atoms with Crippen molar-refractivity contribution in [3.63, 3.8) is 0 Å². The Kier molecular flexibility index (Phi) is 6.70. The van der Waals surface area contributed by atoms with Gasteiger partial charge in [0.2, 0.25) is 0 Å². The Labute approximate surface area is 193 Å². The Morgan fingerprint density at radius 3 is 2.64 bits per heavy atom. The molecule has 0 spiro atoms. The van der Waals surface area contributed by atoms with Crippen molar-refractivity contribution in [3.05, 3.63) is 64.7 Å². The van der Waals surface area contributed by atoms with Crippen molar-refractivity contribution in [1.29, 1.82) is 0 Å². The molecule has 2 aromatic rings. The van der Waals surface area contributed by atoms with Gasteiger partial charge in [0.25, 0.3) is 11.7 Å². The Balaban J connectivity index is 1.76. The number of ketones is 1. The van der Waals surface area contributed by atoms with E-state index in [0.29, 0.717) is 30.1 Å². The van der Waals surface area contributed by atoms with Crippen molar-refractivity contribution in [2.24, 2.45) is 0 Å². The van der Waals surface area contributed by atoms with Crippen LogP contribution in [-0.4, -0.2) is 54.2 Å². The summed E-state index contributed by atoms with van der Waals surface area (Å²) in [5, 5.41) is 11.2. The molecule has 1 amide bonds. The van der Waals surface area contributed by atoms with Crippen LogP contribution in [0.5, 0.6) is 11.5 Å². The van der Waals surface area contributed by atoms with Crippen LogP contribution in [0.2, 0.25) is 0 Å². The van der Waals surface area contributed by atoms with Crippen LogP contribution < -0.4 is 9.47 Å². The molecule has 7 heteroatoms. The number of hydrogen-bond acceptors (Lipinski definition) is 6. The molecule has 2 aromatic carbocycles. The molecule has 1 fully saturated rings. The van der Waals surface area contributed by atoms with E-state index in [2.05, 4.69) is 0 Å². The smallest absolute Gasteiger partial charge is 0.295 e. The molecule has 2 aliphatic rings. The highest BCUT2D eigenvalue weighted by atomic mass is 16.5. The highest BCUT2D eigenvalue weighted by Gasteiger charge is 2.46. The monoisotopic (exact) mass is 451 g/mol. The summed E-state index contributed by atoms with van der Waals surface area (Å²) < 4.78 is 16.7. The number of hydrogen-bond donors (Lipinski definition) is 1. The van der Waals surface area contributed by atoms with Crippen LogP contribution in [0.3, 0.4) is 0 Å². The zero-order valence-electron chi connectivity index (χ0n) is 19.2. The van der Waals surface area contributed by atoms with Gasteiger partial charge in [-0.05, 0) is 62.2 Å². The van der Waals surface area contributed by atoms with Crippen LogP contribution in [0, 0.1) is 0 Å². The minimum absolute atomic E-state index is 0.000573. The number of rotatable bonds is 8. The van der Waals surface area contributed by atoms with Crippen molar-refractivity contribution in [2.75, 3.05) is 26.4 Å². The highest BCUT2D eigenvalue weighted by Crippen LogP contribution is 2.40. The van der Waals surface area contributed by atoms with Crippen molar-refractivity contribution in [2.45, 2.75) is 39.3 Å². The van der Waals surface area contributed by atoms with Gasteiger partial charge < -0.3 is 24.2 Å². The minimum atomic E-state index is -0.721. The molecule has 0 bridgehead atoms. The molecule has 0 saturated carbocycles. The third kappa shape index (κ3) is 4.59. The van der Waals surface area contributed by atoms with Gasteiger partial charge in [-0.2, -0.15) is 0 Å². The average Bonchev–Trinajstić information content (AvgIpc) is 3.37. The molecule has 2 heterocycles. The van der Waals surface area contributed by atoms with Crippen LogP contribution in [0.25, 0.3) is 5.76 Å². The maximum Gasteiger partial charge on any atom is 0.295 e. The first-order chi connectivity index (χ1) is 15.9. The van der Waals surface area contributed by atoms with E-state index in [1.165, 1.54) is 4.90 Å². The normalized spacial score (nSPS) is 19.2. The van der Waals surface area contributed by atoms with E-state index in [9.17, 15) is 14.7 Å². The number of carbonyl (C=O) groups is 2. The lowest BCUT2D eigenvalue weighted by molar-refractivity contribution is -0.140. The fourth-order valence-electron chi connectivity index (χ4n) is 4.25. The molecule has 1 unspecified atom stereocenters. The summed E-state index contributed by atoms with van der Waals surface area (Å²) in [7, 11) is 0. The first-order valence-corrected chi connectivity index (χ1v) is 11.3. The average molecular weight is 452 g/mol. The number of Topliss-reactive ketones (excluding diaryl/α,β-unsaturated/α-hetero) is 1. The van der Waals surface area contributed by atoms with Crippen LogP contribution >= 0.6 is 0 Å². The highest BCUT2D eigenvalue weighted by molar-refractivity contribution is 6.46. The minimum Gasteiger partial charge on any atom is -0.507 e. The number of ether oxygens (including phenoxy) is 3. The van der Waals surface area contributed by atoms with E-state index in [0.717, 1.165) is 17.7 Å². The molecule has 1 saturated heterocycles. The lowest BCUT2D eigenvalue weighted by Gasteiger charge is -2.26. The van der Waals surface area contributed by atoms with Crippen molar-refractivity contribution in [1.82, 2.24) is 4.90 Å². The molecule has 33 heavy (non-hydrogen) atoms. The molecule has 0 aliphatic carbocycles. The zero-order valence-corrected chi connectivity index (χ0v) is 19.2. The van der Waals surface area contributed by atoms with E-state index >= 15 is 0 Å². The molecule has 4 rings (SSSR count). The lowest BCUT2D eigenvalue weighted by Crippen LogP contribution is -2.33. The maximum atomic E-state index is 13.1. The van der Waals surface area contributed by atoms with Crippen molar-refractivity contribution in [3.8, 4) is 11.5 Å². The molecular weight excluding hydrogens is 422 g/mol. The summed E-state index contributed by atoms with van der Waals surface area (Å²) in [6.07, 6.45) is 0.735. The number of fused-ring (bicyclic) bond motifs is 1. The summed E-state index contributed by atoms with van der Waals surface area (Å²) in [5.41, 5.74) is 2.25. The third-order valence-electron chi connectivity index (χ3n) is 5.79. The Bertz CT molecular complexity index is 1070. The molecule has 1 atom stereocenters. The molecule has 0 radical (unpaired) electrons. The van der Waals surface area contributed by atoms with Gasteiger partial charge in [0.1, 0.15) is 17.3 Å². The Morgan fingerprint density at radius 1 is 1.18 bits per heavy atom. The molecule has 2 aliphatic heterocycles. The fraction of sp³-hybridized carbons (Fsp3) is 0.385. The van der Waals surface area contributed by atoms with Crippen LogP contribution in [0.15, 0.2) is 48.0 Å². The van der Waals surface area contributed by atoms with Gasteiger partial charge >= 0.3 is 0 Å². The van der Waals surface area contributed by atoms with E-state index in [1.54, 1.807) is 24.3 Å². The quantitative estimate of drug-likeness (QED) is 0.373. The summed E-state index contributed by atoms with van der Waals surface area (Å²) >= 11 is 0. The van der Waals surface area contributed by atoms with E-state index in [-0.39, 0.29) is 30.6 Å². The summed E-state index contributed by atoms with van der Waals surface area (Å²) in [6, 6.07) is 11.8. The number of likely N-dealkylation sites (tertiary alicyclic amines) is 1. The number of carbonyl (C=O) groups excluding carboxylic acids is 2. The largest absolute Gasteiger partial charge is 0.507 e. The molecule has 7 nitrogen and oxygen atoms in total. The van der Waals surface area contributed by atoms with Gasteiger partial charge in [-0.1, -0.05) is 12.1 Å². The Hall–Kier alpha value is -3.32. The topological polar surface area (TPSA) is 85.3 Å². The maximum absolute atomic E-state index is 13.1. The molecule has 1 N–H and O–H groups in total. The van der Waals surface area contributed by atoms with Gasteiger partial charge in [-0.3, -0.25) is 9.59 Å². The number of nitrogens with zero attached hydrogens (tertiary/aromatic N) is 1. The predicted molar refractivity (Wildman–Crippen MR) is 123 cm³/mol. The zero-order chi connectivity index (χ0) is 23.5. The second kappa shape index (κ2) is 9.67. The van der Waals surface area contributed by atoms with Gasteiger partial charge in [0.05, 0.1) is 37.5 Å². The number of amides is 1. The van der Waals surface area contributed by atoms with Crippen molar-refractivity contribution < 1.29 is 28.9 Å². The van der Waals surface area contributed by atoms with Crippen LogP contribution in [0.1, 0.15) is 43.5 Å². The van der Waals surface area contributed by atoms with Crippen LogP contribution in [-0.2, 0) is 20.7 Å². The third-order valence-corrected chi connectivity index (χ3v) is 5.79. The second-order valence-corrected chi connectivity index (χ2v) is 8.34. The first-order valence-electron chi connectivity index (χ1n) is 11.3. The SMILES string of the molecule is CCOc1ccc(C2/C(=C(/O)c3ccc4c(c3)CCO4)C(=O)C(=O)N2CCOC(C)C)cc1. The van der Waals surface area contributed by atoms with Crippen molar-refractivity contribution >= 4 is 17.4 Å². The molecule has 0 aromatic heterocycles. The number of aliphatic hydroxyl groups excluding tert-OH is 1. The fourth-order valence-corrected chi connectivity index (χ4v) is 4.25. The van der Waals surface area contributed by atoms with Gasteiger partial charge in [-0.25, -0.2) is 0 Å². The van der Waals surface area contributed by atoms with Gasteiger partial charge in [-0.15, -0.1) is 0 Å². The predicted octanol–water partition coefficient (Wildman–Crippen LogP) is 3.87. The van der Waals surface area contributed by atoms with E-state index in [4.69, 9.17) is 14.2 Å². The molecule has 174 valence electrons. The van der Waals surface area contributed by atoms with Crippen LogP contribution in [0.4, 0.5) is 0 Å². The first kappa shape index (κ1) is 22.9. The van der Waals surface area contributed by atoms with Gasteiger partial charge in [0, 0.05) is 18.5 Å². The second-order valence-electron chi connectivity index (χ2n) is 8.34. The van der Waals surface area contributed by atoms with Gasteiger partial charge in [0.15, 0.2) is 0 Å². The van der Waals surface area contributed by atoms with E-state index < -0.39 is 17.7 Å².